The average Bonchev–Trinajstić information content (AvgIpc) is 3.44. The number of hydrogen-bond donors (Lipinski definition) is 2. The predicted octanol–water partition coefficient (Wildman–Crippen LogP) is 1.13. The number of nitrogens with one attached hydrogen (secondary N) is 2. The van der Waals surface area contributed by atoms with Gasteiger partial charge in [-0.2, -0.15) is 4.31 Å². The molecule has 0 unspecified atom stereocenters. The maximum atomic E-state index is 12.6. The van der Waals surface area contributed by atoms with Crippen molar-refractivity contribution in [1.29, 1.82) is 0 Å². The molecular formula is C20H24N4O5S2. The van der Waals surface area contributed by atoms with Crippen molar-refractivity contribution in [3.05, 3.63) is 52.2 Å². The maximum Gasteiger partial charge on any atom is 0.264 e. The molecule has 0 saturated carbocycles. The molecule has 1 saturated heterocycles. The first-order valence-corrected chi connectivity index (χ1v) is 12.0. The molecule has 166 valence electrons. The Bertz CT molecular complexity index is 1050. The van der Waals surface area contributed by atoms with E-state index in [0.717, 1.165) is 9.87 Å². The Balaban J connectivity index is 1.54. The van der Waals surface area contributed by atoms with Gasteiger partial charge in [0.25, 0.3) is 17.7 Å². The first kappa shape index (κ1) is 22.9. The summed E-state index contributed by atoms with van der Waals surface area (Å²) < 4.78 is 26.0. The predicted molar refractivity (Wildman–Crippen MR) is 116 cm³/mol. The van der Waals surface area contributed by atoms with Crippen molar-refractivity contribution in [2.75, 3.05) is 20.1 Å². The number of nitrogens with zero attached hydrogens (tertiary/aromatic N) is 2. The Morgan fingerprint density at radius 1 is 1.16 bits per heavy atom. The summed E-state index contributed by atoms with van der Waals surface area (Å²) in [4.78, 5) is 39.4. The largest absolute Gasteiger partial charge is 0.326 e. The summed E-state index contributed by atoms with van der Waals surface area (Å²) in [6, 6.07) is 9.07. The second-order valence-electron chi connectivity index (χ2n) is 7.25. The molecule has 31 heavy (non-hydrogen) atoms. The SMILES string of the molecule is Cc1ccc(S(=O)(=O)N(C)CC(=O)NNC(=O)[C@@H]2CCCN2C(=O)c2cccs2)cc1. The Labute approximate surface area is 185 Å². The molecule has 1 fully saturated rings. The lowest BCUT2D eigenvalue weighted by Gasteiger charge is -2.23. The Morgan fingerprint density at radius 3 is 2.52 bits per heavy atom. The third kappa shape index (κ3) is 5.30. The lowest BCUT2D eigenvalue weighted by atomic mass is 10.2. The Morgan fingerprint density at radius 2 is 1.87 bits per heavy atom. The van der Waals surface area contributed by atoms with Crippen LogP contribution >= 0.6 is 11.3 Å². The molecule has 0 radical (unpaired) electrons. The smallest absolute Gasteiger partial charge is 0.264 e. The van der Waals surface area contributed by atoms with Crippen molar-refractivity contribution in [3.8, 4) is 0 Å². The van der Waals surface area contributed by atoms with Crippen LogP contribution in [0.5, 0.6) is 0 Å². The zero-order chi connectivity index (χ0) is 22.6. The van der Waals surface area contributed by atoms with Gasteiger partial charge in [-0.1, -0.05) is 23.8 Å². The van der Waals surface area contributed by atoms with Crippen LogP contribution in [0.4, 0.5) is 0 Å². The van der Waals surface area contributed by atoms with E-state index in [4.69, 9.17) is 0 Å². The van der Waals surface area contributed by atoms with Crippen molar-refractivity contribution in [2.24, 2.45) is 0 Å². The minimum Gasteiger partial charge on any atom is -0.326 e. The van der Waals surface area contributed by atoms with Crippen molar-refractivity contribution < 1.29 is 22.8 Å². The molecule has 2 aromatic rings. The number of sulfonamides is 1. The summed E-state index contributed by atoms with van der Waals surface area (Å²) in [7, 11) is -2.56. The first-order chi connectivity index (χ1) is 14.7. The fourth-order valence-corrected chi connectivity index (χ4v) is 5.06. The summed E-state index contributed by atoms with van der Waals surface area (Å²) in [6.07, 6.45) is 1.17. The van der Waals surface area contributed by atoms with Gasteiger partial charge in [0.2, 0.25) is 10.0 Å². The van der Waals surface area contributed by atoms with E-state index in [1.54, 1.807) is 29.6 Å². The van der Waals surface area contributed by atoms with Crippen LogP contribution in [0, 0.1) is 6.92 Å². The van der Waals surface area contributed by atoms with E-state index in [2.05, 4.69) is 10.9 Å². The van der Waals surface area contributed by atoms with Gasteiger partial charge in [-0.25, -0.2) is 8.42 Å². The highest BCUT2D eigenvalue weighted by atomic mass is 32.2. The van der Waals surface area contributed by atoms with E-state index in [0.29, 0.717) is 24.3 Å². The fourth-order valence-electron chi connectivity index (χ4n) is 3.26. The molecule has 1 aromatic heterocycles. The minimum absolute atomic E-state index is 0.0751. The highest BCUT2D eigenvalue weighted by molar-refractivity contribution is 7.89. The molecule has 3 amide bonds. The average molecular weight is 465 g/mol. The van der Waals surface area contributed by atoms with Crippen LogP contribution < -0.4 is 10.9 Å². The zero-order valence-electron chi connectivity index (χ0n) is 17.2. The summed E-state index contributed by atoms with van der Waals surface area (Å²) in [5.74, 6) is -1.43. The van der Waals surface area contributed by atoms with Gasteiger partial charge < -0.3 is 4.90 Å². The first-order valence-electron chi connectivity index (χ1n) is 9.66. The van der Waals surface area contributed by atoms with E-state index >= 15 is 0 Å². The quantitative estimate of drug-likeness (QED) is 0.622. The zero-order valence-corrected chi connectivity index (χ0v) is 18.8. The van der Waals surface area contributed by atoms with Gasteiger partial charge in [-0.3, -0.25) is 25.2 Å². The van der Waals surface area contributed by atoms with Gasteiger partial charge in [0.15, 0.2) is 0 Å². The van der Waals surface area contributed by atoms with Crippen LogP contribution in [0.3, 0.4) is 0 Å². The molecule has 2 heterocycles. The van der Waals surface area contributed by atoms with E-state index in [1.165, 1.54) is 35.4 Å². The van der Waals surface area contributed by atoms with Gasteiger partial charge in [0.05, 0.1) is 16.3 Å². The second-order valence-corrected chi connectivity index (χ2v) is 10.2. The highest BCUT2D eigenvalue weighted by Crippen LogP contribution is 2.22. The molecule has 2 N–H and O–H groups in total. The van der Waals surface area contributed by atoms with Gasteiger partial charge >= 0.3 is 0 Å². The summed E-state index contributed by atoms with van der Waals surface area (Å²) in [5, 5.41) is 1.79. The third-order valence-electron chi connectivity index (χ3n) is 4.97. The molecule has 0 spiro atoms. The number of amides is 3. The number of carbonyl (C=O) groups excluding carboxylic acids is 3. The monoisotopic (exact) mass is 464 g/mol. The summed E-state index contributed by atoms with van der Waals surface area (Å²) in [6.45, 7) is 1.83. The number of benzene rings is 1. The van der Waals surface area contributed by atoms with Crippen LogP contribution in [0.25, 0.3) is 0 Å². The van der Waals surface area contributed by atoms with Crippen LogP contribution in [0.2, 0.25) is 0 Å². The summed E-state index contributed by atoms with van der Waals surface area (Å²) >= 11 is 1.30. The van der Waals surface area contributed by atoms with Gasteiger partial charge in [-0.15, -0.1) is 11.3 Å². The van der Waals surface area contributed by atoms with Crippen molar-refractivity contribution in [1.82, 2.24) is 20.1 Å². The molecule has 1 aliphatic rings. The standard InChI is InChI=1S/C20H24N4O5S2/c1-14-7-9-15(10-8-14)31(28,29)23(2)13-18(25)21-22-19(26)16-5-3-11-24(16)20(27)17-6-4-12-30-17/h4,6-10,12,16H,3,5,11,13H2,1-2H3,(H,21,25)(H,22,26)/t16-/m0/s1. The number of likely N-dealkylation sites (tertiary alicyclic amines) is 1. The van der Waals surface area contributed by atoms with Gasteiger partial charge in [0.1, 0.15) is 6.04 Å². The van der Waals surface area contributed by atoms with E-state index in [9.17, 15) is 22.8 Å². The van der Waals surface area contributed by atoms with Crippen molar-refractivity contribution >= 4 is 39.1 Å². The topological polar surface area (TPSA) is 116 Å². The van der Waals surface area contributed by atoms with Gasteiger partial charge in [0, 0.05) is 13.6 Å². The molecule has 0 aliphatic carbocycles. The number of hydrogen-bond acceptors (Lipinski definition) is 6. The Kier molecular flexibility index (Phi) is 7.08. The summed E-state index contributed by atoms with van der Waals surface area (Å²) in [5.41, 5.74) is 5.46. The van der Waals surface area contributed by atoms with Gasteiger partial charge in [-0.05, 0) is 43.3 Å². The molecule has 3 rings (SSSR count). The molecule has 1 atom stereocenters. The molecule has 1 aliphatic heterocycles. The minimum atomic E-state index is -3.84. The second kappa shape index (κ2) is 9.58. The maximum absolute atomic E-state index is 12.6. The lowest BCUT2D eigenvalue weighted by molar-refractivity contribution is -0.131. The number of carbonyl (C=O) groups is 3. The molecule has 11 heteroatoms. The van der Waals surface area contributed by atoms with Crippen LogP contribution in [-0.4, -0.2) is 61.5 Å². The molecule has 0 bridgehead atoms. The number of aryl methyl sites for hydroxylation is 1. The molecular weight excluding hydrogens is 440 g/mol. The van der Waals surface area contributed by atoms with Crippen molar-refractivity contribution in [3.63, 3.8) is 0 Å². The van der Waals surface area contributed by atoms with E-state index < -0.39 is 34.4 Å². The van der Waals surface area contributed by atoms with Crippen LogP contribution in [-0.2, 0) is 19.6 Å². The Hall–Kier alpha value is -2.76. The number of thiophene rings is 1. The highest BCUT2D eigenvalue weighted by Gasteiger charge is 2.35. The van der Waals surface area contributed by atoms with E-state index in [-0.39, 0.29) is 10.8 Å². The van der Waals surface area contributed by atoms with Crippen LogP contribution in [0.1, 0.15) is 28.1 Å². The van der Waals surface area contributed by atoms with Crippen molar-refractivity contribution in [2.45, 2.75) is 30.7 Å². The number of likely N-dealkylation sites (N-methyl/N-ethyl adjacent to an activating group) is 1. The number of hydrazine groups is 1. The lowest BCUT2D eigenvalue weighted by Crippen LogP contribution is -2.53. The molecule has 1 aromatic carbocycles. The third-order valence-corrected chi connectivity index (χ3v) is 7.64. The fraction of sp³-hybridized carbons (Fsp3) is 0.350. The number of rotatable bonds is 6. The molecule has 9 nitrogen and oxygen atoms in total. The van der Waals surface area contributed by atoms with E-state index in [1.807, 2.05) is 6.92 Å². The normalized spacial score (nSPS) is 16.4. The van der Waals surface area contributed by atoms with Crippen LogP contribution in [0.15, 0.2) is 46.7 Å².